The van der Waals surface area contributed by atoms with E-state index in [2.05, 4.69) is 16.0 Å². The molecule has 0 amide bonds. The second-order valence-corrected chi connectivity index (χ2v) is 6.22. The average Bonchev–Trinajstić information content (AvgIpc) is 2.62. The first-order chi connectivity index (χ1) is 12.2. The standard InChI is InChI=1S/C11H8N.C6H4F3NO3S.Ir/c1-2-6-10(7-3-1)11-8-4-5-9-12-11;7-6(8,9)4-1-2-5(10-3-4)14(11,12)13;/h1-6,8-9H;1-3H,(H,11,12,13);/q-1;;. The van der Waals surface area contributed by atoms with Crippen molar-refractivity contribution in [3.8, 4) is 11.3 Å². The van der Waals surface area contributed by atoms with Gasteiger partial charge in [-0.3, -0.25) is 4.55 Å². The van der Waals surface area contributed by atoms with Crippen molar-refractivity contribution >= 4 is 10.1 Å². The summed E-state index contributed by atoms with van der Waals surface area (Å²) in [6, 6.07) is 17.9. The molecule has 10 heteroatoms. The minimum atomic E-state index is -4.58. The van der Waals surface area contributed by atoms with E-state index in [1.54, 1.807) is 6.20 Å². The van der Waals surface area contributed by atoms with Crippen molar-refractivity contribution in [3.05, 3.63) is 78.6 Å². The predicted molar refractivity (Wildman–Crippen MR) is 87.6 cm³/mol. The smallest absolute Gasteiger partial charge is 0.305 e. The molecule has 0 fully saturated rings. The summed E-state index contributed by atoms with van der Waals surface area (Å²) in [6.45, 7) is 0. The molecule has 3 rings (SSSR count). The van der Waals surface area contributed by atoms with Crippen molar-refractivity contribution in [3.63, 3.8) is 0 Å². The van der Waals surface area contributed by atoms with E-state index < -0.39 is 26.9 Å². The third kappa shape index (κ3) is 7.18. The second-order valence-electron chi connectivity index (χ2n) is 4.85. The molecular weight excluding hydrogens is 561 g/mol. The predicted octanol–water partition coefficient (Wildman–Crippen LogP) is 3.89. The van der Waals surface area contributed by atoms with E-state index in [4.69, 9.17) is 4.55 Å². The number of rotatable bonds is 2. The third-order valence-corrected chi connectivity index (χ3v) is 3.75. The molecular formula is C17H12F3IrN2O3S-. The van der Waals surface area contributed by atoms with Crippen LogP contribution >= 0.6 is 0 Å². The van der Waals surface area contributed by atoms with Crippen LogP contribution in [-0.4, -0.2) is 22.9 Å². The molecule has 0 saturated carbocycles. The topological polar surface area (TPSA) is 80.2 Å². The summed E-state index contributed by atoms with van der Waals surface area (Å²) < 4.78 is 65.1. The Morgan fingerprint density at radius 3 is 2.11 bits per heavy atom. The summed E-state index contributed by atoms with van der Waals surface area (Å²) in [5.74, 6) is 0. The van der Waals surface area contributed by atoms with Crippen LogP contribution in [0.3, 0.4) is 0 Å². The Bertz CT molecular complexity index is 899. The van der Waals surface area contributed by atoms with Crippen molar-refractivity contribution in [2.45, 2.75) is 11.2 Å². The quantitative estimate of drug-likeness (QED) is 0.372. The summed E-state index contributed by atoms with van der Waals surface area (Å²) in [4.78, 5) is 7.18. The van der Waals surface area contributed by atoms with Gasteiger partial charge in [0, 0.05) is 32.5 Å². The number of hydrogen-bond donors (Lipinski definition) is 1. The molecule has 0 spiro atoms. The Morgan fingerprint density at radius 2 is 1.67 bits per heavy atom. The Hall–Kier alpha value is -2.13. The van der Waals surface area contributed by atoms with Crippen LogP contribution in [0.15, 0.2) is 72.0 Å². The van der Waals surface area contributed by atoms with E-state index in [1.807, 2.05) is 42.5 Å². The molecule has 0 unspecified atom stereocenters. The van der Waals surface area contributed by atoms with Gasteiger partial charge >= 0.3 is 16.3 Å². The molecule has 2 heterocycles. The molecule has 0 aliphatic heterocycles. The molecule has 2 aromatic heterocycles. The van der Waals surface area contributed by atoms with Crippen LogP contribution in [0.4, 0.5) is 13.2 Å². The number of pyridine rings is 2. The van der Waals surface area contributed by atoms with Crippen LogP contribution in [0.5, 0.6) is 0 Å². The van der Waals surface area contributed by atoms with Crippen molar-refractivity contribution < 1.29 is 46.2 Å². The SMILES string of the molecule is O=S(=O)(O)c1ccc(C(F)(F)F)cn1.[Ir].[c-]1ccccc1-c1ccccn1. The van der Waals surface area contributed by atoms with E-state index in [0.29, 0.717) is 18.3 Å². The number of nitrogens with zero attached hydrogens (tertiary/aromatic N) is 2. The summed E-state index contributed by atoms with van der Waals surface area (Å²) in [5, 5.41) is -0.814. The van der Waals surface area contributed by atoms with Gasteiger partial charge in [0.15, 0.2) is 5.03 Å². The maximum atomic E-state index is 12.0. The van der Waals surface area contributed by atoms with Gasteiger partial charge in [-0.15, -0.1) is 35.9 Å². The summed E-state index contributed by atoms with van der Waals surface area (Å²) >= 11 is 0. The molecule has 145 valence electrons. The zero-order valence-electron chi connectivity index (χ0n) is 13.4. The fourth-order valence-corrected chi connectivity index (χ4v) is 2.20. The van der Waals surface area contributed by atoms with Crippen LogP contribution in [0.2, 0.25) is 0 Å². The minimum absolute atomic E-state index is 0. The average molecular weight is 574 g/mol. The van der Waals surface area contributed by atoms with E-state index in [9.17, 15) is 21.6 Å². The Labute approximate surface area is 167 Å². The second kappa shape index (κ2) is 9.70. The fourth-order valence-electron chi connectivity index (χ4n) is 1.78. The number of alkyl halides is 3. The Balaban J connectivity index is 0.000000262. The van der Waals surface area contributed by atoms with Crippen molar-refractivity contribution in [1.29, 1.82) is 0 Å². The zero-order valence-corrected chi connectivity index (χ0v) is 16.6. The molecule has 0 aliphatic rings. The van der Waals surface area contributed by atoms with Gasteiger partial charge in [-0.1, -0.05) is 12.1 Å². The number of aromatic nitrogens is 2. The Kier molecular flexibility index (Phi) is 8.23. The van der Waals surface area contributed by atoms with Crippen LogP contribution in [-0.2, 0) is 36.4 Å². The van der Waals surface area contributed by atoms with E-state index in [1.165, 1.54) is 0 Å². The molecule has 1 N–H and O–H groups in total. The van der Waals surface area contributed by atoms with Crippen LogP contribution in [0.25, 0.3) is 11.3 Å². The molecule has 5 nitrogen and oxygen atoms in total. The number of hydrogen-bond acceptors (Lipinski definition) is 4. The normalized spacial score (nSPS) is 11.0. The number of benzene rings is 1. The first kappa shape index (κ1) is 22.9. The van der Waals surface area contributed by atoms with Gasteiger partial charge in [-0.05, 0) is 23.9 Å². The summed E-state index contributed by atoms with van der Waals surface area (Å²) in [5.41, 5.74) is 0.932. The third-order valence-electron chi connectivity index (χ3n) is 2.98. The van der Waals surface area contributed by atoms with Crippen molar-refractivity contribution in [2.75, 3.05) is 0 Å². The molecule has 27 heavy (non-hydrogen) atoms. The maximum absolute atomic E-state index is 12.0. The van der Waals surface area contributed by atoms with Gasteiger partial charge in [-0.2, -0.15) is 21.6 Å². The maximum Gasteiger partial charge on any atom is 0.417 e. The van der Waals surface area contributed by atoms with Crippen LogP contribution in [0, 0.1) is 6.07 Å². The largest absolute Gasteiger partial charge is 0.417 e. The zero-order chi connectivity index (χ0) is 19.2. The van der Waals surface area contributed by atoms with Crippen molar-refractivity contribution in [1.82, 2.24) is 9.97 Å². The van der Waals surface area contributed by atoms with Gasteiger partial charge in [0.2, 0.25) is 0 Å². The molecule has 1 radical (unpaired) electrons. The molecule has 0 saturated heterocycles. The van der Waals surface area contributed by atoms with Crippen LogP contribution < -0.4 is 0 Å². The fraction of sp³-hybridized carbons (Fsp3) is 0.0588. The summed E-state index contributed by atoms with van der Waals surface area (Å²) in [6.07, 6.45) is -2.45. The summed E-state index contributed by atoms with van der Waals surface area (Å²) in [7, 11) is -4.54. The number of halogens is 3. The van der Waals surface area contributed by atoms with Gasteiger partial charge in [-0.25, -0.2) is 4.98 Å². The molecule has 1 aromatic carbocycles. The monoisotopic (exact) mass is 574 g/mol. The van der Waals surface area contributed by atoms with E-state index in [0.717, 1.165) is 11.3 Å². The van der Waals surface area contributed by atoms with E-state index in [-0.39, 0.29) is 20.1 Å². The van der Waals surface area contributed by atoms with Crippen molar-refractivity contribution in [2.24, 2.45) is 0 Å². The molecule has 0 bridgehead atoms. The van der Waals surface area contributed by atoms with Gasteiger partial charge in [0.1, 0.15) is 0 Å². The molecule has 0 aliphatic carbocycles. The molecule has 3 aromatic rings. The van der Waals surface area contributed by atoms with Gasteiger partial charge in [0.25, 0.3) is 0 Å². The minimum Gasteiger partial charge on any atom is -0.305 e. The van der Waals surface area contributed by atoms with E-state index >= 15 is 0 Å². The first-order valence-electron chi connectivity index (χ1n) is 7.07. The van der Waals surface area contributed by atoms with Crippen LogP contribution in [0.1, 0.15) is 5.56 Å². The first-order valence-corrected chi connectivity index (χ1v) is 8.51. The van der Waals surface area contributed by atoms with Gasteiger partial charge < -0.3 is 4.98 Å². The Morgan fingerprint density at radius 1 is 0.963 bits per heavy atom. The van der Waals surface area contributed by atoms with Gasteiger partial charge in [0.05, 0.1) is 5.56 Å². The molecule has 0 atom stereocenters.